The first kappa shape index (κ1) is 15.3. The zero-order valence-electron chi connectivity index (χ0n) is 12.8. The summed E-state index contributed by atoms with van der Waals surface area (Å²) in [6, 6.07) is 0. The summed E-state index contributed by atoms with van der Waals surface area (Å²) >= 11 is 0. The number of hydrogen-bond donors (Lipinski definition) is 2. The number of nitrogens with zero attached hydrogens (tertiary/aromatic N) is 1. The molecule has 112 valence electrons. The molecule has 2 rings (SSSR count). The van der Waals surface area contributed by atoms with Crippen LogP contribution in [0.1, 0.15) is 42.5 Å². The van der Waals surface area contributed by atoms with Crippen LogP contribution in [0.15, 0.2) is 6.20 Å². The molecule has 1 heterocycles. The lowest BCUT2D eigenvalue weighted by molar-refractivity contribution is 0.108. The summed E-state index contributed by atoms with van der Waals surface area (Å²) in [5.74, 6) is 1.63. The lowest BCUT2D eigenvalue weighted by atomic mass is 9.87. The Morgan fingerprint density at radius 3 is 2.65 bits per heavy atom. The van der Waals surface area contributed by atoms with Crippen LogP contribution in [0.5, 0.6) is 5.75 Å². The minimum atomic E-state index is -0.0727. The van der Waals surface area contributed by atoms with Crippen LogP contribution in [0.2, 0.25) is 0 Å². The van der Waals surface area contributed by atoms with Gasteiger partial charge in [-0.25, -0.2) is 0 Å². The van der Waals surface area contributed by atoms with E-state index in [2.05, 4.69) is 17.2 Å². The number of rotatable bonds is 5. The topological polar surface area (TPSA) is 54.4 Å². The Morgan fingerprint density at radius 2 is 2.00 bits per heavy atom. The molecular formula is C16H26N2O2. The molecular weight excluding hydrogens is 252 g/mol. The van der Waals surface area contributed by atoms with Gasteiger partial charge in [-0.05, 0) is 52.0 Å². The quantitative estimate of drug-likeness (QED) is 0.868. The molecule has 0 bridgehead atoms. The van der Waals surface area contributed by atoms with Crippen molar-refractivity contribution in [3.63, 3.8) is 0 Å². The summed E-state index contributed by atoms with van der Waals surface area (Å²) in [6.45, 7) is 5.86. The van der Waals surface area contributed by atoms with Gasteiger partial charge in [-0.1, -0.05) is 0 Å². The fourth-order valence-electron chi connectivity index (χ4n) is 2.99. The number of pyridine rings is 1. The maximum absolute atomic E-state index is 9.51. The van der Waals surface area contributed by atoms with E-state index in [9.17, 15) is 5.11 Å². The standard InChI is InChI=1S/C16H26N2O2/c1-11-8-18-15(12(2)16(11)20-3)10-17-9-13-4-6-14(19)7-5-13/h8,13-14,17,19H,4-7,9-10H2,1-3H3. The smallest absolute Gasteiger partial charge is 0.128 e. The van der Waals surface area contributed by atoms with Crippen molar-refractivity contribution < 1.29 is 9.84 Å². The molecule has 0 atom stereocenters. The van der Waals surface area contributed by atoms with E-state index in [0.29, 0.717) is 5.92 Å². The number of methoxy groups -OCH3 is 1. The third-order valence-electron chi connectivity index (χ3n) is 4.29. The van der Waals surface area contributed by atoms with Crippen LogP contribution in [0.3, 0.4) is 0 Å². The molecule has 20 heavy (non-hydrogen) atoms. The molecule has 1 aromatic heterocycles. The first-order valence-electron chi connectivity index (χ1n) is 7.49. The number of hydrogen-bond acceptors (Lipinski definition) is 4. The summed E-state index contributed by atoms with van der Waals surface area (Å²) < 4.78 is 5.43. The Bertz CT molecular complexity index is 440. The lowest BCUT2D eigenvalue weighted by Crippen LogP contribution is -2.28. The molecule has 0 radical (unpaired) electrons. The van der Waals surface area contributed by atoms with Crippen molar-refractivity contribution in [2.75, 3.05) is 13.7 Å². The van der Waals surface area contributed by atoms with E-state index in [0.717, 1.165) is 61.3 Å². The highest BCUT2D eigenvalue weighted by Gasteiger charge is 2.19. The predicted molar refractivity (Wildman–Crippen MR) is 79.9 cm³/mol. The van der Waals surface area contributed by atoms with Crippen molar-refractivity contribution in [2.45, 2.75) is 52.2 Å². The number of aliphatic hydroxyl groups is 1. The highest BCUT2D eigenvalue weighted by Crippen LogP contribution is 2.25. The van der Waals surface area contributed by atoms with Crippen LogP contribution < -0.4 is 10.1 Å². The minimum Gasteiger partial charge on any atom is -0.496 e. The first-order chi connectivity index (χ1) is 9.61. The monoisotopic (exact) mass is 278 g/mol. The van der Waals surface area contributed by atoms with E-state index in [1.54, 1.807) is 7.11 Å². The van der Waals surface area contributed by atoms with Crippen LogP contribution in [0.25, 0.3) is 0 Å². The van der Waals surface area contributed by atoms with Gasteiger partial charge in [0.1, 0.15) is 5.75 Å². The third-order valence-corrected chi connectivity index (χ3v) is 4.29. The lowest BCUT2D eigenvalue weighted by Gasteiger charge is -2.25. The molecule has 1 saturated carbocycles. The van der Waals surface area contributed by atoms with Gasteiger partial charge in [0, 0.05) is 23.9 Å². The molecule has 1 aliphatic rings. The van der Waals surface area contributed by atoms with Gasteiger partial charge in [-0.15, -0.1) is 0 Å². The highest BCUT2D eigenvalue weighted by atomic mass is 16.5. The Kier molecular flexibility index (Phi) is 5.38. The molecule has 0 spiro atoms. The van der Waals surface area contributed by atoms with Gasteiger partial charge in [0.15, 0.2) is 0 Å². The van der Waals surface area contributed by atoms with Gasteiger partial charge >= 0.3 is 0 Å². The normalized spacial score (nSPS) is 22.8. The van der Waals surface area contributed by atoms with Gasteiger partial charge in [-0.2, -0.15) is 0 Å². The van der Waals surface area contributed by atoms with Crippen molar-refractivity contribution in [1.82, 2.24) is 10.3 Å². The van der Waals surface area contributed by atoms with Crippen LogP contribution in [0, 0.1) is 19.8 Å². The van der Waals surface area contributed by atoms with E-state index in [1.807, 2.05) is 13.1 Å². The van der Waals surface area contributed by atoms with Gasteiger partial charge in [-0.3, -0.25) is 4.98 Å². The van der Waals surface area contributed by atoms with Gasteiger partial charge in [0.25, 0.3) is 0 Å². The predicted octanol–water partition coefficient (Wildman–Crippen LogP) is 2.35. The number of nitrogens with one attached hydrogen (secondary N) is 1. The largest absolute Gasteiger partial charge is 0.496 e. The Morgan fingerprint density at radius 1 is 1.30 bits per heavy atom. The molecule has 1 aliphatic carbocycles. The van der Waals surface area contributed by atoms with Crippen LogP contribution in [-0.4, -0.2) is 29.8 Å². The van der Waals surface area contributed by atoms with E-state index >= 15 is 0 Å². The first-order valence-corrected chi connectivity index (χ1v) is 7.49. The average molecular weight is 278 g/mol. The number of aryl methyl sites for hydroxylation is 1. The minimum absolute atomic E-state index is 0.0727. The summed E-state index contributed by atoms with van der Waals surface area (Å²) in [6.07, 6.45) is 5.94. The maximum Gasteiger partial charge on any atom is 0.128 e. The van der Waals surface area contributed by atoms with Crippen LogP contribution >= 0.6 is 0 Å². The molecule has 0 unspecified atom stereocenters. The van der Waals surface area contributed by atoms with Crippen LogP contribution in [-0.2, 0) is 6.54 Å². The third kappa shape index (κ3) is 3.70. The molecule has 4 heteroatoms. The molecule has 1 aromatic rings. The van der Waals surface area contributed by atoms with Gasteiger partial charge in [0.2, 0.25) is 0 Å². The maximum atomic E-state index is 9.51. The van der Waals surface area contributed by atoms with Crippen LogP contribution in [0.4, 0.5) is 0 Å². The summed E-state index contributed by atoms with van der Waals surface area (Å²) in [5, 5.41) is 13.0. The van der Waals surface area contributed by atoms with E-state index in [1.165, 1.54) is 0 Å². The Labute approximate surface area is 121 Å². The fourth-order valence-corrected chi connectivity index (χ4v) is 2.99. The Hall–Kier alpha value is -1.13. The molecule has 2 N–H and O–H groups in total. The van der Waals surface area contributed by atoms with Crippen molar-refractivity contribution in [3.8, 4) is 5.75 Å². The van der Waals surface area contributed by atoms with Crippen molar-refractivity contribution >= 4 is 0 Å². The number of aromatic nitrogens is 1. The van der Waals surface area contributed by atoms with Crippen molar-refractivity contribution in [1.29, 1.82) is 0 Å². The van der Waals surface area contributed by atoms with E-state index in [4.69, 9.17) is 4.74 Å². The molecule has 0 aliphatic heterocycles. The molecule has 0 aromatic carbocycles. The summed E-state index contributed by atoms with van der Waals surface area (Å²) in [4.78, 5) is 4.50. The highest BCUT2D eigenvalue weighted by molar-refractivity contribution is 5.40. The SMILES string of the molecule is COc1c(C)cnc(CNCC2CCC(O)CC2)c1C. The van der Waals surface area contributed by atoms with E-state index in [-0.39, 0.29) is 6.10 Å². The second kappa shape index (κ2) is 7.04. The van der Waals surface area contributed by atoms with Crippen molar-refractivity contribution in [2.24, 2.45) is 5.92 Å². The molecule has 0 amide bonds. The van der Waals surface area contributed by atoms with Gasteiger partial charge < -0.3 is 15.2 Å². The second-order valence-electron chi connectivity index (χ2n) is 5.85. The average Bonchev–Trinajstić information content (AvgIpc) is 2.44. The zero-order valence-corrected chi connectivity index (χ0v) is 12.8. The fraction of sp³-hybridized carbons (Fsp3) is 0.688. The van der Waals surface area contributed by atoms with Crippen molar-refractivity contribution in [3.05, 3.63) is 23.0 Å². The molecule has 0 saturated heterocycles. The second-order valence-corrected chi connectivity index (χ2v) is 5.85. The molecule has 1 fully saturated rings. The Balaban J connectivity index is 1.85. The summed E-state index contributed by atoms with van der Waals surface area (Å²) in [7, 11) is 1.71. The number of ether oxygens (including phenoxy) is 1. The number of aliphatic hydroxyl groups excluding tert-OH is 1. The summed E-state index contributed by atoms with van der Waals surface area (Å²) in [5.41, 5.74) is 3.26. The van der Waals surface area contributed by atoms with Gasteiger partial charge in [0.05, 0.1) is 18.9 Å². The zero-order chi connectivity index (χ0) is 14.5. The van der Waals surface area contributed by atoms with E-state index < -0.39 is 0 Å². The molecule has 4 nitrogen and oxygen atoms in total.